The number of hydrogen-bond acceptors (Lipinski definition) is 7. The number of carbonyl (C=O) groups is 1. The van der Waals surface area contributed by atoms with Gasteiger partial charge >= 0.3 is 0 Å². The van der Waals surface area contributed by atoms with Crippen molar-refractivity contribution in [1.82, 2.24) is 14.3 Å². The van der Waals surface area contributed by atoms with E-state index >= 15 is 0 Å². The van der Waals surface area contributed by atoms with Crippen LogP contribution in [0, 0.1) is 0 Å². The van der Waals surface area contributed by atoms with E-state index in [-0.39, 0.29) is 23.4 Å². The molecular formula is C30H34N4O4S2. The van der Waals surface area contributed by atoms with Crippen molar-refractivity contribution in [3.05, 3.63) is 78.1 Å². The zero-order chi connectivity index (χ0) is 28.1. The lowest BCUT2D eigenvalue weighted by atomic mass is 9.95. The zero-order valence-corrected chi connectivity index (χ0v) is 24.5. The number of amides is 1. The van der Waals surface area contributed by atoms with Gasteiger partial charge in [-0.1, -0.05) is 43.6 Å². The lowest BCUT2D eigenvalue weighted by molar-refractivity contribution is 0.0985. The van der Waals surface area contributed by atoms with Crippen molar-refractivity contribution >= 4 is 42.6 Å². The van der Waals surface area contributed by atoms with E-state index in [1.165, 1.54) is 11.3 Å². The molecule has 210 valence electrons. The quantitative estimate of drug-likeness (QED) is 0.220. The first-order chi connectivity index (χ1) is 19.4. The van der Waals surface area contributed by atoms with Crippen LogP contribution in [0.1, 0.15) is 61.9 Å². The fraction of sp³-hybridized carbons (Fsp3) is 0.367. The Morgan fingerprint density at radius 3 is 2.50 bits per heavy atom. The second-order valence-electron chi connectivity index (χ2n) is 9.84. The maximum Gasteiger partial charge on any atom is 0.260 e. The predicted molar refractivity (Wildman–Crippen MR) is 158 cm³/mol. The SMILES string of the molecule is CCOc1ccc2nc(N(Cc3cccnc3)C(=O)c3ccc(S(=O)(=O)N(CC)C4CCCCC4)cc3)sc2c1. The van der Waals surface area contributed by atoms with Crippen LogP contribution in [0.5, 0.6) is 5.75 Å². The Kier molecular flexibility index (Phi) is 8.78. The minimum Gasteiger partial charge on any atom is -0.494 e. The van der Waals surface area contributed by atoms with Crippen LogP contribution >= 0.6 is 11.3 Å². The second-order valence-corrected chi connectivity index (χ2v) is 12.7. The van der Waals surface area contributed by atoms with Gasteiger partial charge in [-0.15, -0.1) is 0 Å². The van der Waals surface area contributed by atoms with Gasteiger partial charge in [0.2, 0.25) is 10.0 Å². The molecule has 1 amide bonds. The first-order valence-corrected chi connectivity index (χ1v) is 16.0. The monoisotopic (exact) mass is 578 g/mol. The van der Waals surface area contributed by atoms with Crippen molar-refractivity contribution in [1.29, 1.82) is 0 Å². The molecule has 0 aliphatic heterocycles. The molecule has 40 heavy (non-hydrogen) atoms. The second kappa shape index (κ2) is 12.4. The van der Waals surface area contributed by atoms with Crippen LogP contribution in [0.3, 0.4) is 0 Å². The van der Waals surface area contributed by atoms with E-state index in [4.69, 9.17) is 9.72 Å². The number of sulfonamides is 1. The Hall–Kier alpha value is -3.34. The number of carbonyl (C=O) groups excluding carboxylic acids is 1. The molecule has 1 saturated carbocycles. The number of hydrogen-bond donors (Lipinski definition) is 0. The van der Waals surface area contributed by atoms with Crippen LogP contribution in [0.4, 0.5) is 5.13 Å². The first kappa shape index (κ1) is 28.2. The summed E-state index contributed by atoms with van der Waals surface area (Å²) >= 11 is 1.41. The molecule has 0 radical (unpaired) electrons. The summed E-state index contributed by atoms with van der Waals surface area (Å²) in [6.45, 7) is 5.08. The molecule has 0 N–H and O–H groups in total. The summed E-state index contributed by atoms with van der Waals surface area (Å²) in [7, 11) is -3.66. The van der Waals surface area contributed by atoms with Crippen LogP contribution in [-0.4, -0.2) is 47.8 Å². The smallest absolute Gasteiger partial charge is 0.260 e. The molecule has 0 unspecified atom stereocenters. The minimum absolute atomic E-state index is 0.0299. The van der Waals surface area contributed by atoms with Gasteiger partial charge in [0.15, 0.2) is 5.13 Å². The normalized spacial score (nSPS) is 14.5. The molecule has 1 fully saturated rings. The Bertz CT molecular complexity index is 1550. The number of nitrogens with zero attached hydrogens (tertiary/aromatic N) is 4. The summed E-state index contributed by atoms with van der Waals surface area (Å²) in [6.07, 6.45) is 8.45. The summed E-state index contributed by atoms with van der Waals surface area (Å²) < 4.78 is 35.2. The van der Waals surface area contributed by atoms with Crippen LogP contribution in [-0.2, 0) is 16.6 Å². The largest absolute Gasteiger partial charge is 0.494 e. The van der Waals surface area contributed by atoms with E-state index in [1.807, 2.05) is 44.2 Å². The van der Waals surface area contributed by atoms with Gasteiger partial charge in [0.05, 0.1) is 28.3 Å². The zero-order valence-electron chi connectivity index (χ0n) is 22.8. The van der Waals surface area contributed by atoms with Crippen LogP contribution in [0.25, 0.3) is 10.2 Å². The van der Waals surface area contributed by atoms with E-state index in [9.17, 15) is 13.2 Å². The highest BCUT2D eigenvalue weighted by Crippen LogP contribution is 2.33. The number of rotatable bonds is 10. The highest BCUT2D eigenvalue weighted by Gasteiger charge is 2.31. The van der Waals surface area contributed by atoms with E-state index in [0.717, 1.165) is 53.6 Å². The lowest BCUT2D eigenvalue weighted by Gasteiger charge is -2.32. The Labute approximate surface area is 239 Å². The highest BCUT2D eigenvalue weighted by atomic mass is 32.2. The summed E-state index contributed by atoms with van der Waals surface area (Å²) in [5.74, 6) is 0.484. The maximum atomic E-state index is 13.9. The van der Waals surface area contributed by atoms with Gasteiger partial charge < -0.3 is 4.74 Å². The summed E-state index contributed by atoms with van der Waals surface area (Å²) in [4.78, 5) is 24.6. The average Bonchev–Trinajstić information content (AvgIpc) is 3.40. The number of aromatic nitrogens is 2. The molecular weight excluding hydrogens is 544 g/mol. The molecule has 4 aromatic rings. The standard InChI is InChI=1S/C30H34N4O4S2/c1-3-34(24-10-6-5-7-11-24)40(36,37)26-15-12-23(13-16-26)29(35)33(21-22-9-8-18-31-20-22)30-32-27-17-14-25(38-4-2)19-28(27)39-30/h8-9,12-20,24H,3-7,10-11,21H2,1-2H3. The van der Waals surface area contributed by atoms with Gasteiger partial charge in [-0.3, -0.25) is 14.7 Å². The Balaban J connectivity index is 1.45. The van der Waals surface area contributed by atoms with E-state index in [1.54, 1.807) is 45.9 Å². The predicted octanol–water partition coefficient (Wildman–Crippen LogP) is 6.28. The molecule has 8 nitrogen and oxygen atoms in total. The Morgan fingerprint density at radius 2 is 1.82 bits per heavy atom. The van der Waals surface area contributed by atoms with Crippen molar-refractivity contribution in [3.8, 4) is 5.75 Å². The summed E-state index contributed by atoms with van der Waals surface area (Å²) in [6, 6.07) is 15.7. The molecule has 1 aliphatic rings. The van der Waals surface area contributed by atoms with Crippen LogP contribution < -0.4 is 9.64 Å². The van der Waals surface area contributed by atoms with Gasteiger partial charge in [0.1, 0.15) is 5.75 Å². The molecule has 0 bridgehead atoms. The van der Waals surface area contributed by atoms with Gasteiger partial charge in [-0.05, 0) is 73.9 Å². The van der Waals surface area contributed by atoms with Crippen molar-refractivity contribution in [3.63, 3.8) is 0 Å². The van der Waals surface area contributed by atoms with Crippen LogP contribution in [0.15, 0.2) is 71.9 Å². The topological polar surface area (TPSA) is 92.7 Å². The van der Waals surface area contributed by atoms with Crippen molar-refractivity contribution in [2.45, 2.75) is 63.4 Å². The van der Waals surface area contributed by atoms with E-state index < -0.39 is 10.0 Å². The number of ether oxygens (including phenoxy) is 1. The van der Waals surface area contributed by atoms with Crippen molar-refractivity contribution in [2.24, 2.45) is 0 Å². The molecule has 10 heteroatoms. The van der Waals surface area contributed by atoms with Crippen molar-refractivity contribution in [2.75, 3.05) is 18.1 Å². The third kappa shape index (κ3) is 6.04. The Morgan fingerprint density at radius 1 is 1.05 bits per heavy atom. The maximum absolute atomic E-state index is 13.9. The third-order valence-electron chi connectivity index (χ3n) is 7.20. The molecule has 0 saturated heterocycles. The number of thiazole rings is 1. The van der Waals surface area contributed by atoms with Gasteiger partial charge in [0, 0.05) is 30.5 Å². The molecule has 5 rings (SSSR count). The fourth-order valence-electron chi connectivity index (χ4n) is 5.22. The molecule has 2 aromatic carbocycles. The van der Waals surface area contributed by atoms with Crippen molar-refractivity contribution < 1.29 is 17.9 Å². The molecule has 0 atom stereocenters. The number of anilines is 1. The van der Waals surface area contributed by atoms with Gasteiger partial charge in [-0.25, -0.2) is 13.4 Å². The molecule has 1 aliphatic carbocycles. The van der Waals surface area contributed by atoms with E-state index in [0.29, 0.717) is 23.8 Å². The molecule has 2 aromatic heterocycles. The molecule has 2 heterocycles. The molecule has 0 spiro atoms. The number of fused-ring (bicyclic) bond motifs is 1. The number of benzene rings is 2. The highest BCUT2D eigenvalue weighted by molar-refractivity contribution is 7.89. The minimum atomic E-state index is -3.66. The van der Waals surface area contributed by atoms with Gasteiger partial charge in [0.25, 0.3) is 5.91 Å². The van der Waals surface area contributed by atoms with Gasteiger partial charge in [-0.2, -0.15) is 4.31 Å². The number of pyridine rings is 1. The third-order valence-corrected chi connectivity index (χ3v) is 10.3. The fourth-order valence-corrected chi connectivity index (χ4v) is 7.91. The van der Waals surface area contributed by atoms with E-state index in [2.05, 4.69) is 4.98 Å². The summed E-state index contributed by atoms with van der Waals surface area (Å²) in [5.41, 5.74) is 2.02. The first-order valence-electron chi connectivity index (χ1n) is 13.8. The van der Waals surface area contributed by atoms with Crippen LogP contribution in [0.2, 0.25) is 0 Å². The lowest BCUT2D eigenvalue weighted by Crippen LogP contribution is -2.41. The average molecular weight is 579 g/mol. The summed E-state index contributed by atoms with van der Waals surface area (Å²) in [5, 5.41) is 0.545.